The van der Waals surface area contributed by atoms with Crippen LogP contribution in [-0.2, 0) is 71.9 Å². The number of nitrogens with one attached hydrogen (secondary N) is 6. The van der Waals surface area contributed by atoms with Gasteiger partial charge in [0, 0.05) is 156 Å². The van der Waals surface area contributed by atoms with Gasteiger partial charge < -0.3 is 131 Å². The minimum absolute atomic E-state index is 0.467. The van der Waals surface area contributed by atoms with Crippen LogP contribution in [0, 0.1) is 0 Å². The standard InChI is InChI=1S/C44H72N13O25/c45-25-50-42(78)27(16-49-31(59)4-2-29(44(81)82)57(13-9-54(21-37(69)70)22-38(71)72)14-10-55(23-39(73)74)24-40(75)76)51-32(60)5-6-47-41(77)26(46)15-48-30(58)3-1-28(43(79)80)56(11-7-52(17-33(61)62)18-34(63)64)12-8-53(19-35(65)66)20-36(67)68/h26-29,46H,1-25,45H2,(H,47,77)(H,48,58)(H,49,59)(H,50,78)(H,51,60)(H,61,62)(H,63,64)(H,65,66)(H,67,68)(H,69,70)(H,71,72)(H,73,74)(H,75,76)(H,79,80)(H,81,82)/p-10/t26?,27?,28-,29-/m0/s1. The highest BCUT2D eigenvalue weighted by Gasteiger charge is 2.27. The van der Waals surface area contributed by atoms with Crippen molar-refractivity contribution in [2.75, 3.05) is 131 Å². The van der Waals surface area contributed by atoms with Crippen molar-refractivity contribution >= 4 is 89.2 Å². The van der Waals surface area contributed by atoms with Gasteiger partial charge in [-0.3, -0.25) is 53.4 Å². The molecule has 0 aromatic heterocycles. The minimum Gasteiger partial charge on any atom is -0.549 e. The molecular formula is C44H62N13O25-10. The quantitative estimate of drug-likeness (QED) is 0.0308. The highest BCUT2D eigenvalue weighted by Crippen LogP contribution is 2.11. The van der Waals surface area contributed by atoms with Gasteiger partial charge in [-0.15, -0.1) is 0 Å². The molecule has 0 heterocycles. The third-order valence-electron chi connectivity index (χ3n) is 11.3. The summed E-state index contributed by atoms with van der Waals surface area (Å²) >= 11 is 0. The van der Waals surface area contributed by atoms with E-state index in [0.29, 0.717) is 0 Å². The zero-order valence-electron chi connectivity index (χ0n) is 44.0. The SMILES string of the molecule is [NH]C(CNC(=O)CC[C@@H](C(=O)[O-])N(CCN(CC(=O)[O-])CC(=O)[O-])CCN(CC(=O)[O-])CC(=O)[O-])C(=O)NCCC(=O)NC(CNC(=O)CC[C@@H](C(=O)[O-])N(CCN(CC(=O)[O-])CC(=O)[O-])CCN(CC(=O)[O-])CC(=O)[O-])C(=O)NCN. The fourth-order valence-corrected chi connectivity index (χ4v) is 7.50. The summed E-state index contributed by atoms with van der Waals surface area (Å²) < 4.78 is 0. The van der Waals surface area contributed by atoms with Gasteiger partial charge in [0.2, 0.25) is 29.5 Å². The zero-order valence-corrected chi connectivity index (χ0v) is 44.0. The molecule has 0 aliphatic heterocycles. The van der Waals surface area contributed by atoms with Gasteiger partial charge in [0.25, 0.3) is 0 Å². The van der Waals surface area contributed by atoms with E-state index in [4.69, 9.17) is 11.5 Å². The second-order valence-corrected chi connectivity index (χ2v) is 17.7. The lowest BCUT2D eigenvalue weighted by atomic mass is 10.1. The van der Waals surface area contributed by atoms with E-state index in [0.717, 1.165) is 29.4 Å². The minimum atomic E-state index is -1.84. The van der Waals surface area contributed by atoms with Crippen LogP contribution in [0.4, 0.5) is 0 Å². The number of nitrogens with two attached hydrogens (primary N) is 1. The Morgan fingerprint density at radius 1 is 0.378 bits per heavy atom. The van der Waals surface area contributed by atoms with Gasteiger partial charge in [0.1, 0.15) is 12.1 Å². The Morgan fingerprint density at radius 3 is 0.963 bits per heavy atom. The van der Waals surface area contributed by atoms with Crippen molar-refractivity contribution in [2.45, 2.75) is 56.3 Å². The molecule has 4 atom stereocenters. The predicted molar refractivity (Wildman–Crippen MR) is 245 cm³/mol. The average molecular weight is 1170 g/mol. The van der Waals surface area contributed by atoms with Gasteiger partial charge in [-0.25, -0.2) is 5.73 Å². The van der Waals surface area contributed by atoms with E-state index in [1.54, 1.807) is 0 Å². The van der Waals surface area contributed by atoms with Gasteiger partial charge in [-0.1, -0.05) is 0 Å². The van der Waals surface area contributed by atoms with Crippen molar-refractivity contribution in [3.63, 3.8) is 0 Å². The lowest BCUT2D eigenvalue weighted by Gasteiger charge is -2.36. The number of hydrogen-bond acceptors (Lipinski definition) is 32. The normalized spacial score (nSPS) is 12.7. The molecule has 0 aromatic carbocycles. The van der Waals surface area contributed by atoms with Gasteiger partial charge in [-0.2, -0.15) is 0 Å². The summed E-state index contributed by atoms with van der Waals surface area (Å²) in [5.41, 5.74) is 13.5. The summed E-state index contributed by atoms with van der Waals surface area (Å²) in [7, 11) is 0. The molecule has 2 unspecified atom stereocenters. The summed E-state index contributed by atoms with van der Waals surface area (Å²) in [4.78, 5) is 184. The van der Waals surface area contributed by atoms with Crippen molar-refractivity contribution in [1.82, 2.24) is 61.7 Å². The van der Waals surface area contributed by atoms with E-state index in [1.807, 2.05) is 0 Å². The number of carboxylic acid groups (broad SMARTS) is 10. The molecule has 0 saturated carbocycles. The Morgan fingerprint density at radius 2 is 0.683 bits per heavy atom. The van der Waals surface area contributed by atoms with E-state index in [1.165, 1.54) is 0 Å². The number of nitrogens with zero attached hydrogens (tertiary/aromatic N) is 6. The van der Waals surface area contributed by atoms with E-state index in [2.05, 4.69) is 26.6 Å². The lowest BCUT2D eigenvalue weighted by Crippen LogP contribution is -2.55. The second-order valence-electron chi connectivity index (χ2n) is 17.7. The number of amides is 5. The summed E-state index contributed by atoms with van der Waals surface area (Å²) in [5, 5.41) is 125. The summed E-state index contributed by atoms with van der Waals surface area (Å²) in [5.74, 6) is -22.3. The maximum atomic E-state index is 13.0. The maximum absolute atomic E-state index is 13.0. The zero-order chi connectivity index (χ0) is 62.6. The highest BCUT2D eigenvalue weighted by molar-refractivity contribution is 5.89. The topological polar surface area (TPSA) is 616 Å². The molecule has 0 spiro atoms. The molecule has 0 aromatic rings. The predicted octanol–water partition coefficient (Wildman–Crippen LogP) is -22.5. The summed E-state index contributed by atoms with van der Waals surface area (Å²) in [6.07, 6.45) is -3.12. The molecule has 0 aliphatic carbocycles. The van der Waals surface area contributed by atoms with Gasteiger partial charge in [0.05, 0.1) is 66.4 Å². The summed E-state index contributed by atoms with van der Waals surface area (Å²) in [6.45, 7) is -13.9. The molecule has 463 valence electrons. The first-order valence-electron chi connectivity index (χ1n) is 24.5. The first-order valence-corrected chi connectivity index (χ1v) is 24.5. The van der Waals surface area contributed by atoms with Crippen LogP contribution >= 0.6 is 0 Å². The monoisotopic (exact) mass is 1170 g/mol. The molecule has 0 rings (SSSR count). The lowest BCUT2D eigenvalue weighted by molar-refractivity contribution is -0.314. The van der Waals surface area contributed by atoms with E-state index >= 15 is 0 Å². The Labute approximate surface area is 466 Å². The van der Waals surface area contributed by atoms with Crippen LogP contribution in [0.25, 0.3) is 0 Å². The first kappa shape index (κ1) is 73.7. The second kappa shape index (κ2) is 40.0. The van der Waals surface area contributed by atoms with Crippen molar-refractivity contribution in [1.29, 1.82) is 0 Å². The summed E-state index contributed by atoms with van der Waals surface area (Å²) in [6, 6.07) is -6.84. The van der Waals surface area contributed by atoms with Crippen LogP contribution < -0.4 is 89.1 Å². The molecule has 0 fully saturated rings. The van der Waals surface area contributed by atoms with Crippen LogP contribution in [0.15, 0.2) is 0 Å². The van der Waals surface area contributed by atoms with Crippen molar-refractivity contribution in [3.8, 4) is 0 Å². The number of carbonyl (C=O) groups excluding carboxylic acids is 15. The number of carboxylic acids is 10. The van der Waals surface area contributed by atoms with Crippen LogP contribution in [-0.4, -0.2) is 274 Å². The molecular weight excluding hydrogens is 1110 g/mol. The fourth-order valence-electron chi connectivity index (χ4n) is 7.50. The largest absolute Gasteiger partial charge is 0.549 e. The molecule has 5 amide bonds. The van der Waals surface area contributed by atoms with Crippen LogP contribution in [0.1, 0.15) is 32.1 Å². The number of hydrogen-bond donors (Lipinski definition) is 6. The molecule has 38 heteroatoms. The molecule has 1 radical (unpaired) electrons. The Balaban J connectivity index is 5.77. The van der Waals surface area contributed by atoms with Crippen molar-refractivity contribution in [2.24, 2.45) is 5.73 Å². The molecule has 38 nitrogen and oxygen atoms in total. The van der Waals surface area contributed by atoms with Crippen LogP contribution in [0.2, 0.25) is 0 Å². The molecule has 8 N–H and O–H groups in total. The van der Waals surface area contributed by atoms with Gasteiger partial charge in [-0.05, 0) is 12.8 Å². The van der Waals surface area contributed by atoms with Crippen molar-refractivity contribution < 1.29 is 123 Å². The number of rotatable bonds is 49. The van der Waals surface area contributed by atoms with Crippen molar-refractivity contribution in [3.05, 3.63) is 0 Å². The van der Waals surface area contributed by atoms with Gasteiger partial charge >= 0.3 is 0 Å². The van der Waals surface area contributed by atoms with E-state index in [-0.39, 0.29) is 0 Å². The van der Waals surface area contributed by atoms with E-state index < -0.39 is 277 Å². The molecule has 82 heavy (non-hydrogen) atoms. The molecule has 0 aliphatic rings. The van der Waals surface area contributed by atoms with Crippen LogP contribution in [0.5, 0.6) is 0 Å². The average Bonchev–Trinajstić information content (AvgIpc) is 3.33. The highest BCUT2D eigenvalue weighted by atomic mass is 16.4. The number of aliphatic carboxylic acids is 10. The first-order chi connectivity index (χ1) is 38.3. The smallest absolute Gasteiger partial charge is 0.245 e. The Bertz CT molecular complexity index is 2080. The van der Waals surface area contributed by atoms with E-state index in [9.17, 15) is 123 Å². The Hall–Kier alpha value is -8.27. The third kappa shape index (κ3) is 35.4. The van der Waals surface area contributed by atoms with Crippen LogP contribution in [0.3, 0.4) is 0 Å². The molecule has 0 bridgehead atoms. The third-order valence-corrected chi connectivity index (χ3v) is 11.3. The molecule has 0 saturated heterocycles. The Kier molecular flexibility index (Phi) is 36.0. The van der Waals surface area contributed by atoms with Gasteiger partial charge in [0.15, 0.2) is 0 Å². The maximum Gasteiger partial charge on any atom is 0.245 e. The number of carbonyl (C=O) groups is 15. The fraction of sp³-hybridized carbons (Fsp3) is 0.659.